The summed E-state index contributed by atoms with van der Waals surface area (Å²) in [5, 5.41) is 10.2. The van der Waals surface area contributed by atoms with E-state index in [2.05, 4.69) is 0 Å². The van der Waals surface area contributed by atoms with Crippen molar-refractivity contribution in [3.63, 3.8) is 0 Å². The zero-order valence-corrected chi connectivity index (χ0v) is 15.2. The van der Waals surface area contributed by atoms with Crippen LogP contribution in [0.4, 0.5) is 0 Å². The third-order valence-electron chi connectivity index (χ3n) is 4.70. The molecule has 0 radical (unpaired) electrons. The minimum absolute atomic E-state index is 0.00379. The molecule has 27 heavy (non-hydrogen) atoms. The summed E-state index contributed by atoms with van der Waals surface area (Å²) in [5.74, 6) is 0.243. The summed E-state index contributed by atoms with van der Waals surface area (Å²) in [4.78, 5) is 27.5. The van der Waals surface area contributed by atoms with E-state index in [1.165, 1.54) is 11.0 Å². The number of amides is 1. The maximum Gasteiger partial charge on any atom is 0.290 e. The van der Waals surface area contributed by atoms with E-state index in [1.54, 1.807) is 43.5 Å². The fourth-order valence-corrected chi connectivity index (χ4v) is 3.64. The highest BCUT2D eigenvalue weighted by molar-refractivity contribution is 6.31. The second kappa shape index (κ2) is 6.72. The number of carbonyl (C=O) groups excluding carboxylic acids is 1. The molecule has 0 aliphatic carbocycles. The van der Waals surface area contributed by atoms with Gasteiger partial charge in [0.1, 0.15) is 11.3 Å². The van der Waals surface area contributed by atoms with Crippen molar-refractivity contribution in [1.29, 1.82) is 0 Å². The molecule has 2 heterocycles. The van der Waals surface area contributed by atoms with E-state index in [4.69, 9.17) is 20.8 Å². The molecule has 3 aromatic rings. The molecule has 0 saturated carbocycles. The van der Waals surface area contributed by atoms with Crippen molar-refractivity contribution in [1.82, 2.24) is 4.90 Å². The zero-order valence-electron chi connectivity index (χ0n) is 14.4. The van der Waals surface area contributed by atoms with Crippen LogP contribution in [0.3, 0.4) is 0 Å². The van der Waals surface area contributed by atoms with Crippen LogP contribution in [0.5, 0.6) is 5.75 Å². The number of rotatable bonds is 4. The number of aliphatic hydroxyl groups is 1. The molecule has 1 aliphatic rings. The third kappa shape index (κ3) is 2.78. The van der Waals surface area contributed by atoms with E-state index >= 15 is 0 Å². The van der Waals surface area contributed by atoms with Crippen LogP contribution in [0, 0.1) is 0 Å². The number of benzene rings is 2. The number of hydrogen-bond donors (Lipinski definition) is 1. The highest BCUT2D eigenvalue weighted by Gasteiger charge is 2.42. The van der Waals surface area contributed by atoms with Crippen LogP contribution < -0.4 is 10.2 Å². The summed E-state index contributed by atoms with van der Waals surface area (Å²) >= 11 is 6.03. The van der Waals surface area contributed by atoms with Crippen molar-refractivity contribution in [2.24, 2.45) is 0 Å². The fourth-order valence-electron chi connectivity index (χ4n) is 3.46. The molecular weight excluding hydrogens is 370 g/mol. The fraction of sp³-hybridized carbons (Fsp3) is 0.200. The molecule has 0 fully saturated rings. The van der Waals surface area contributed by atoms with Crippen LogP contribution in [0.2, 0.25) is 5.02 Å². The Morgan fingerprint density at radius 3 is 2.59 bits per heavy atom. The predicted octanol–water partition coefficient (Wildman–Crippen LogP) is 2.99. The topological polar surface area (TPSA) is 80.0 Å². The molecule has 1 aliphatic heterocycles. The lowest BCUT2D eigenvalue weighted by Crippen LogP contribution is -2.32. The van der Waals surface area contributed by atoms with Crippen molar-refractivity contribution < 1.29 is 19.1 Å². The van der Waals surface area contributed by atoms with Gasteiger partial charge in [-0.25, -0.2) is 0 Å². The van der Waals surface area contributed by atoms with Gasteiger partial charge in [-0.2, -0.15) is 0 Å². The summed E-state index contributed by atoms with van der Waals surface area (Å²) in [6, 6.07) is 11.2. The SMILES string of the molecule is COc1ccc([C@H]2c3c(oc4ccc(Cl)cc4c3=O)C(=O)N2CCO)cc1. The van der Waals surface area contributed by atoms with E-state index in [1.807, 2.05) is 0 Å². The van der Waals surface area contributed by atoms with Gasteiger partial charge in [-0.15, -0.1) is 0 Å². The van der Waals surface area contributed by atoms with Crippen molar-refractivity contribution in [3.05, 3.63) is 74.6 Å². The van der Waals surface area contributed by atoms with E-state index in [9.17, 15) is 14.7 Å². The zero-order chi connectivity index (χ0) is 19.1. The van der Waals surface area contributed by atoms with Crippen LogP contribution in [-0.4, -0.2) is 36.2 Å². The van der Waals surface area contributed by atoms with Gasteiger partial charge in [0, 0.05) is 11.6 Å². The average Bonchev–Trinajstić information content (AvgIpc) is 2.95. The Hall–Kier alpha value is -2.83. The van der Waals surface area contributed by atoms with E-state index in [0.29, 0.717) is 21.7 Å². The Morgan fingerprint density at radius 2 is 1.93 bits per heavy atom. The van der Waals surface area contributed by atoms with Crippen LogP contribution in [0.15, 0.2) is 51.7 Å². The number of β-amino-alcohol motifs (C(OH)–C–C–N with tert-alkyl or cyclic N) is 1. The molecule has 2 aromatic carbocycles. The van der Waals surface area contributed by atoms with Crippen LogP contribution >= 0.6 is 11.6 Å². The summed E-state index contributed by atoms with van der Waals surface area (Å²) < 4.78 is 10.9. The summed E-state index contributed by atoms with van der Waals surface area (Å²) in [6.07, 6.45) is 0. The van der Waals surface area contributed by atoms with Crippen molar-refractivity contribution >= 4 is 28.5 Å². The van der Waals surface area contributed by atoms with Gasteiger partial charge in [0.15, 0.2) is 5.43 Å². The summed E-state index contributed by atoms with van der Waals surface area (Å²) in [5.41, 5.74) is 0.984. The second-order valence-electron chi connectivity index (χ2n) is 6.21. The molecule has 0 bridgehead atoms. The lowest BCUT2D eigenvalue weighted by atomic mass is 9.98. The number of carbonyl (C=O) groups is 1. The molecule has 6 nitrogen and oxygen atoms in total. The first-order chi connectivity index (χ1) is 13.0. The minimum Gasteiger partial charge on any atom is -0.497 e. The molecule has 1 aromatic heterocycles. The molecule has 0 spiro atoms. The van der Waals surface area contributed by atoms with Gasteiger partial charge in [0.2, 0.25) is 5.76 Å². The van der Waals surface area contributed by atoms with E-state index in [0.717, 1.165) is 5.56 Å². The van der Waals surface area contributed by atoms with Gasteiger partial charge in [0.25, 0.3) is 5.91 Å². The van der Waals surface area contributed by atoms with Crippen LogP contribution in [-0.2, 0) is 0 Å². The first-order valence-corrected chi connectivity index (χ1v) is 8.75. The number of halogens is 1. The monoisotopic (exact) mass is 385 g/mol. The Kier molecular flexibility index (Phi) is 4.37. The highest BCUT2D eigenvalue weighted by Crippen LogP contribution is 2.38. The number of fused-ring (bicyclic) bond motifs is 2. The number of ether oxygens (including phenoxy) is 1. The first-order valence-electron chi connectivity index (χ1n) is 8.37. The molecule has 1 N–H and O–H groups in total. The molecule has 1 atom stereocenters. The largest absolute Gasteiger partial charge is 0.497 e. The molecule has 138 valence electrons. The molecule has 0 saturated heterocycles. The smallest absolute Gasteiger partial charge is 0.290 e. The molecule has 7 heteroatoms. The number of aliphatic hydroxyl groups excluding tert-OH is 1. The van der Waals surface area contributed by atoms with Gasteiger partial charge >= 0.3 is 0 Å². The van der Waals surface area contributed by atoms with Crippen molar-refractivity contribution in [3.8, 4) is 5.75 Å². The molecule has 4 rings (SSSR count). The first kappa shape index (κ1) is 17.6. The Bertz CT molecular complexity index is 1090. The van der Waals surface area contributed by atoms with Crippen LogP contribution in [0.25, 0.3) is 11.0 Å². The lowest BCUT2D eigenvalue weighted by molar-refractivity contribution is 0.0691. The van der Waals surface area contributed by atoms with E-state index < -0.39 is 11.9 Å². The highest BCUT2D eigenvalue weighted by atomic mass is 35.5. The average molecular weight is 386 g/mol. The molecule has 0 unspecified atom stereocenters. The number of hydrogen-bond acceptors (Lipinski definition) is 5. The molecule has 1 amide bonds. The van der Waals surface area contributed by atoms with Gasteiger partial charge in [-0.05, 0) is 35.9 Å². The van der Waals surface area contributed by atoms with Gasteiger partial charge in [-0.1, -0.05) is 23.7 Å². The Balaban J connectivity index is 1.97. The van der Waals surface area contributed by atoms with Crippen molar-refractivity contribution in [2.45, 2.75) is 6.04 Å². The van der Waals surface area contributed by atoms with Gasteiger partial charge < -0.3 is 19.2 Å². The molecular formula is C20H16ClNO5. The number of methoxy groups -OCH3 is 1. The second-order valence-corrected chi connectivity index (χ2v) is 6.65. The maximum atomic E-state index is 13.2. The normalized spacial score (nSPS) is 16.0. The Labute approximate surface area is 159 Å². The number of nitrogens with zero attached hydrogens (tertiary/aromatic N) is 1. The Morgan fingerprint density at radius 1 is 1.19 bits per heavy atom. The van der Waals surface area contributed by atoms with Crippen LogP contribution in [0.1, 0.15) is 27.7 Å². The van der Waals surface area contributed by atoms with Gasteiger partial charge in [-0.3, -0.25) is 9.59 Å². The minimum atomic E-state index is -0.648. The quantitative estimate of drug-likeness (QED) is 0.746. The maximum absolute atomic E-state index is 13.2. The third-order valence-corrected chi connectivity index (χ3v) is 4.94. The summed E-state index contributed by atoms with van der Waals surface area (Å²) in [6.45, 7) is -0.151. The predicted molar refractivity (Wildman–Crippen MR) is 100 cm³/mol. The van der Waals surface area contributed by atoms with Crippen molar-refractivity contribution in [2.75, 3.05) is 20.3 Å². The van der Waals surface area contributed by atoms with E-state index in [-0.39, 0.29) is 29.9 Å². The lowest BCUT2D eigenvalue weighted by Gasteiger charge is -2.24. The summed E-state index contributed by atoms with van der Waals surface area (Å²) in [7, 11) is 1.56. The standard InChI is InChI=1S/C20H16ClNO5/c1-26-13-5-2-11(3-6-13)17-16-18(24)14-10-12(21)4-7-15(14)27-19(16)20(25)22(17)8-9-23/h2-7,10,17,23H,8-9H2,1H3/t17-/m0/s1. The van der Waals surface area contributed by atoms with Gasteiger partial charge in [0.05, 0.1) is 30.7 Å².